The Morgan fingerprint density at radius 1 is 1.57 bits per heavy atom. The lowest BCUT2D eigenvalue weighted by atomic mass is 10.2. The van der Waals surface area contributed by atoms with Crippen molar-refractivity contribution in [2.75, 3.05) is 6.61 Å². The lowest BCUT2D eigenvalue weighted by Gasteiger charge is -2.25. The highest BCUT2D eigenvalue weighted by atomic mass is 35.5. The molecule has 1 fully saturated rings. The molecular weight excluding hydrogens is 204 g/mol. The molecule has 0 aliphatic carbocycles. The number of halogens is 1. The second kappa shape index (κ2) is 3.98. The molecule has 1 atom stereocenters. The van der Waals surface area contributed by atoms with Crippen molar-refractivity contribution in [1.29, 1.82) is 0 Å². The summed E-state index contributed by atoms with van der Waals surface area (Å²) in [5, 5.41) is 0.522. The molecule has 1 heterocycles. The highest BCUT2D eigenvalue weighted by Crippen LogP contribution is 2.16. The van der Waals surface area contributed by atoms with Gasteiger partial charge < -0.3 is 9.47 Å². The molecule has 0 amide bonds. The Kier molecular flexibility index (Phi) is 2.70. The maximum atomic E-state index is 11.4. The molecule has 14 heavy (non-hydrogen) atoms. The first-order valence-electron chi connectivity index (χ1n) is 4.34. The maximum Gasteiger partial charge on any atom is 0.340 e. The summed E-state index contributed by atoms with van der Waals surface area (Å²) in [6, 6.07) is 6.65. The zero-order chi connectivity index (χ0) is 9.97. The van der Waals surface area contributed by atoms with Gasteiger partial charge in [-0.3, -0.25) is 0 Å². The molecule has 0 aromatic heterocycles. The molecule has 0 saturated carbocycles. The van der Waals surface area contributed by atoms with Crippen LogP contribution in [0.25, 0.3) is 0 Å². The van der Waals surface area contributed by atoms with Gasteiger partial charge in [0.25, 0.3) is 0 Å². The van der Waals surface area contributed by atoms with Gasteiger partial charge in [0.1, 0.15) is 0 Å². The molecule has 2 rings (SSSR count). The number of carbonyl (C=O) groups is 1. The Balaban J connectivity index is 2.02. The number of carbonyl (C=O) groups excluding carboxylic acids is 1. The third-order valence-electron chi connectivity index (χ3n) is 1.96. The van der Waals surface area contributed by atoms with Crippen LogP contribution in [-0.2, 0) is 9.47 Å². The van der Waals surface area contributed by atoms with E-state index in [1.54, 1.807) is 24.3 Å². The van der Waals surface area contributed by atoms with Crippen LogP contribution >= 0.6 is 11.6 Å². The van der Waals surface area contributed by atoms with Gasteiger partial charge in [-0.15, -0.1) is 0 Å². The molecule has 0 N–H and O–H groups in total. The number of ether oxygens (including phenoxy) is 2. The van der Waals surface area contributed by atoms with E-state index in [1.807, 2.05) is 0 Å². The average molecular weight is 213 g/mol. The Bertz CT molecular complexity index is 347. The fourth-order valence-corrected chi connectivity index (χ4v) is 1.30. The quantitative estimate of drug-likeness (QED) is 0.706. The zero-order valence-electron chi connectivity index (χ0n) is 7.40. The highest BCUT2D eigenvalue weighted by molar-refractivity contribution is 6.30. The average Bonchev–Trinajstić information content (AvgIpc) is 2.11. The largest absolute Gasteiger partial charge is 0.432 e. The molecule has 0 spiro atoms. The highest BCUT2D eigenvalue weighted by Gasteiger charge is 2.23. The molecule has 1 aromatic carbocycles. The van der Waals surface area contributed by atoms with E-state index < -0.39 is 5.97 Å². The molecule has 1 unspecified atom stereocenters. The van der Waals surface area contributed by atoms with Crippen LogP contribution in [0.3, 0.4) is 0 Å². The van der Waals surface area contributed by atoms with E-state index >= 15 is 0 Å². The first-order valence-corrected chi connectivity index (χ1v) is 4.71. The van der Waals surface area contributed by atoms with Crippen LogP contribution in [0.4, 0.5) is 0 Å². The van der Waals surface area contributed by atoms with Crippen LogP contribution in [0.1, 0.15) is 16.8 Å². The lowest BCUT2D eigenvalue weighted by Crippen LogP contribution is -2.31. The Morgan fingerprint density at radius 3 is 2.93 bits per heavy atom. The summed E-state index contributed by atoms with van der Waals surface area (Å²) in [6.45, 7) is 0.660. The van der Waals surface area contributed by atoms with Crippen molar-refractivity contribution >= 4 is 17.6 Å². The van der Waals surface area contributed by atoms with E-state index in [0.29, 0.717) is 17.2 Å². The van der Waals surface area contributed by atoms with Gasteiger partial charge in [0.2, 0.25) is 6.29 Å². The van der Waals surface area contributed by atoms with E-state index in [-0.39, 0.29) is 6.29 Å². The molecule has 0 radical (unpaired) electrons. The standard InChI is InChI=1S/C10H9ClO3/c11-8-3-1-2-7(6-8)10(12)14-9-4-5-13-9/h1-3,6,9H,4-5H2. The summed E-state index contributed by atoms with van der Waals surface area (Å²) in [5.74, 6) is -0.391. The molecule has 1 saturated heterocycles. The minimum Gasteiger partial charge on any atom is -0.432 e. The van der Waals surface area contributed by atoms with Crippen molar-refractivity contribution in [2.45, 2.75) is 12.7 Å². The molecule has 3 nitrogen and oxygen atoms in total. The monoisotopic (exact) mass is 212 g/mol. The Hall–Kier alpha value is -1.06. The molecular formula is C10H9ClO3. The number of hydrogen-bond acceptors (Lipinski definition) is 3. The number of hydrogen-bond donors (Lipinski definition) is 0. The number of rotatable bonds is 2. The summed E-state index contributed by atoms with van der Waals surface area (Å²) >= 11 is 5.73. The summed E-state index contributed by atoms with van der Waals surface area (Å²) in [4.78, 5) is 11.4. The first kappa shape index (κ1) is 9.49. The van der Waals surface area contributed by atoms with Crippen LogP contribution in [-0.4, -0.2) is 18.9 Å². The number of esters is 1. The molecule has 1 aliphatic heterocycles. The van der Waals surface area contributed by atoms with Gasteiger partial charge in [-0.05, 0) is 18.2 Å². The third kappa shape index (κ3) is 2.05. The summed E-state index contributed by atoms with van der Waals surface area (Å²) < 4.78 is 9.98. The predicted molar refractivity (Wildman–Crippen MR) is 51.2 cm³/mol. The summed E-state index contributed by atoms with van der Waals surface area (Å²) in [7, 11) is 0. The second-order valence-electron chi connectivity index (χ2n) is 3.00. The SMILES string of the molecule is O=C(OC1CCO1)c1cccc(Cl)c1. The van der Waals surface area contributed by atoms with Crippen molar-refractivity contribution in [3.8, 4) is 0 Å². The minimum atomic E-state index is -0.391. The molecule has 0 bridgehead atoms. The van der Waals surface area contributed by atoms with Gasteiger partial charge >= 0.3 is 5.97 Å². The van der Waals surface area contributed by atoms with E-state index in [9.17, 15) is 4.79 Å². The van der Waals surface area contributed by atoms with Crippen LogP contribution in [0.15, 0.2) is 24.3 Å². The van der Waals surface area contributed by atoms with Crippen LogP contribution in [0, 0.1) is 0 Å². The minimum absolute atomic E-state index is 0.374. The van der Waals surface area contributed by atoms with Crippen molar-refractivity contribution in [3.05, 3.63) is 34.9 Å². The third-order valence-corrected chi connectivity index (χ3v) is 2.19. The van der Waals surface area contributed by atoms with Gasteiger partial charge in [-0.1, -0.05) is 17.7 Å². The maximum absolute atomic E-state index is 11.4. The van der Waals surface area contributed by atoms with Gasteiger partial charge in [-0.25, -0.2) is 4.79 Å². The zero-order valence-corrected chi connectivity index (χ0v) is 8.16. The normalized spacial score (nSPS) is 19.9. The second-order valence-corrected chi connectivity index (χ2v) is 3.44. The van der Waals surface area contributed by atoms with Crippen molar-refractivity contribution in [1.82, 2.24) is 0 Å². The van der Waals surface area contributed by atoms with Crippen molar-refractivity contribution in [3.63, 3.8) is 0 Å². The fraction of sp³-hybridized carbons (Fsp3) is 0.300. The van der Waals surface area contributed by atoms with Gasteiger partial charge in [-0.2, -0.15) is 0 Å². The van der Waals surface area contributed by atoms with E-state index in [1.165, 1.54) is 0 Å². The first-order chi connectivity index (χ1) is 6.75. The van der Waals surface area contributed by atoms with Crippen molar-refractivity contribution in [2.24, 2.45) is 0 Å². The number of benzene rings is 1. The van der Waals surface area contributed by atoms with Gasteiger partial charge in [0, 0.05) is 11.4 Å². The van der Waals surface area contributed by atoms with Crippen LogP contribution in [0.5, 0.6) is 0 Å². The molecule has 1 aromatic rings. The Morgan fingerprint density at radius 2 is 2.36 bits per heavy atom. The van der Waals surface area contributed by atoms with E-state index in [2.05, 4.69) is 0 Å². The summed E-state index contributed by atoms with van der Waals surface area (Å²) in [6.07, 6.45) is 0.397. The summed E-state index contributed by atoms with van der Waals surface area (Å²) in [5.41, 5.74) is 0.452. The fourth-order valence-electron chi connectivity index (χ4n) is 1.11. The molecule has 1 aliphatic rings. The van der Waals surface area contributed by atoms with Gasteiger partial charge in [0.15, 0.2) is 0 Å². The predicted octanol–water partition coefficient (Wildman–Crippen LogP) is 2.24. The van der Waals surface area contributed by atoms with E-state index in [0.717, 1.165) is 6.42 Å². The molecule has 74 valence electrons. The molecule has 4 heteroatoms. The van der Waals surface area contributed by atoms with Crippen LogP contribution in [0.2, 0.25) is 5.02 Å². The van der Waals surface area contributed by atoms with Gasteiger partial charge in [0.05, 0.1) is 12.2 Å². The van der Waals surface area contributed by atoms with Crippen LogP contribution < -0.4 is 0 Å². The smallest absolute Gasteiger partial charge is 0.340 e. The topological polar surface area (TPSA) is 35.5 Å². The lowest BCUT2D eigenvalue weighted by molar-refractivity contribution is -0.184. The Labute approximate surface area is 86.6 Å². The van der Waals surface area contributed by atoms with E-state index in [4.69, 9.17) is 21.1 Å². The van der Waals surface area contributed by atoms with Crippen molar-refractivity contribution < 1.29 is 14.3 Å².